The first-order valence-corrected chi connectivity index (χ1v) is 8.12. The van der Waals surface area contributed by atoms with E-state index in [4.69, 9.17) is 19.4 Å². The predicted molar refractivity (Wildman–Crippen MR) is 86.8 cm³/mol. The fourth-order valence-electron chi connectivity index (χ4n) is 2.75. The molecular weight excluding hydrogens is 369 g/mol. The summed E-state index contributed by atoms with van der Waals surface area (Å²) < 4.78 is 12.3. The van der Waals surface area contributed by atoms with Gasteiger partial charge in [-0.3, -0.25) is 0 Å². The molecule has 5 nitrogen and oxygen atoms in total. The van der Waals surface area contributed by atoms with E-state index in [0.717, 1.165) is 33.7 Å². The number of halogens is 1. The summed E-state index contributed by atoms with van der Waals surface area (Å²) >= 11 is 2.26. The van der Waals surface area contributed by atoms with E-state index in [1.54, 1.807) is 7.11 Å². The van der Waals surface area contributed by atoms with Crippen LogP contribution in [0, 0.1) is 3.57 Å². The Hall–Kier alpha value is -0.470. The molecule has 2 rings (SSSR count). The van der Waals surface area contributed by atoms with Crippen LogP contribution < -0.4 is 5.32 Å². The molecule has 20 heavy (non-hydrogen) atoms. The van der Waals surface area contributed by atoms with Crippen molar-refractivity contribution in [3.05, 3.63) is 15.1 Å². The van der Waals surface area contributed by atoms with Gasteiger partial charge in [0, 0.05) is 20.8 Å². The largest absolute Gasteiger partial charge is 0.378 e. The van der Waals surface area contributed by atoms with Crippen molar-refractivity contribution in [2.75, 3.05) is 26.1 Å². The Bertz CT molecular complexity index is 462. The summed E-state index contributed by atoms with van der Waals surface area (Å²) in [5, 5.41) is 3.15. The Morgan fingerprint density at radius 1 is 1.30 bits per heavy atom. The molecule has 0 bridgehead atoms. The Morgan fingerprint density at radius 2 is 2.00 bits per heavy atom. The molecule has 0 amide bonds. The lowest BCUT2D eigenvalue weighted by molar-refractivity contribution is -0.0459. The molecule has 0 aliphatic heterocycles. The maximum atomic E-state index is 6.05. The summed E-state index contributed by atoms with van der Waals surface area (Å²) in [4.78, 5) is 9.43. The molecular formula is C14H22IN3O2. The molecule has 1 heterocycles. The number of hydrogen-bond donors (Lipinski definition) is 1. The van der Waals surface area contributed by atoms with Crippen molar-refractivity contribution >= 4 is 28.4 Å². The van der Waals surface area contributed by atoms with Crippen molar-refractivity contribution in [1.82, 2.24) is 9.97 Å². The zero-order valence-electron chi connectivity index (χ0n) is 12.3. The quantitative estimate of drug-likeness (QED) is 0.756. The van der Waals surface area contributed by atoms with Crippen LogP contribution in [-0.4, -0.2) is 30.7 Å². The van der Waals surface area contributed by atoms with Gasteiger partial charge in [-0.1, -0.05) is 0 Å². The van der Waals surface area contributed by atoms with Crippen LogP contribution in [0.15, 0.2) is 0 Å². The lowest BCUT2D eigenvalue weighted by atomic mass is 10.0. The van der Waals surface area contributed by atoms with E-state index < -0.39 is 0 Å². The number of hydrogen-bond acceptors (Lipinski definition) is 5. The molecule has 1 aliphatic carbocycles. The third-order valence-corrected chi connectivity index (χ3v) is 4.81. The standard InChI is InChI=1S/C14H22IN3O2/c1-4-20-14(7-5-6-8-14)13-17-10(9-19-3)11(15)12(16-2)18-13/h4-9H2,1-3H3,(H,16,17,18). The van der Waals surface area contributed by atoms with Gasteiger partial charge >= 0.3 is 0 Å². The normalized spacial score (nSPS) is 17.4. The summed E-state index contributed by atoms with van der Waals surface area (Å²) in [5.41, 5.74) is 0.612. The van der Waals surface area contributed by atoms with Crippen LogP contribution in [0.2, 0.25) is 0 Å². The molecule has 1 aromatic heterocycles. The minimum Gasteiger partial charge on any atom is -0.378 e. The van der Waals surface area contributed by atoms with Crippen molar-refractivity contribution in [2.24, 2.45) is 0 Å². The number of methoxy groups -OCH3 is 1. The molecule has 1 aliphatic rings. The maximum Gasteiger partial charge on any atom is 0.163 e. The highest BCUT2D eigenvalue weighted by Crippen LogP contribution is 2.41. The van der Waals surface area contributed by atoms with Crippen molar-refractivity contribution in [3.8, 4) is 0 Å². The van der Waals surface area contributed by atoms with Crippen LogP contribution in [0.1, 0.15) is 44.1 Å². The summed E-state index contributed by atoms with van der Waals surface area (Å²) in [6, 6.07) is 0. The molecule has 1 aromatic rings. The van der Waals surface area contributed by atoms with Gasteiger partial charge in [0.05, 0.1) is 15.9 Å². The molecule has 6 heteroatoms. The first-order chi connectivity index (χ1) is 9.66. The second-order valence-electron chi connectivity index (χ2n) is 4.97. The van der Waals surface area contributed by atoms with Gasteiger partial charge in [-0.05, 0) is 55.2 Å². The summed E-state index contributed by atoms with van der Waals surface area (Å²) in [6.45, 7) is 3.20. The average molecular weight is 391 g/mol. The van der Waals surface area contributed by atoms with E-state index in [1.807, 2.05) is 14.0 Å². The highest BCUT2D eigenvalue weighted by molar-refractivity contribution is 14.1. The van der Waals surface area contributed by atoms with E-state index in [9.17, 15) is 0 Å². The molecule has 112 valence electrons. The highest BCUT2D eigenvalue weighted by atomic mass is 127. The van der Waals surface area contributed by atoms with Crippen molar-refractivity contribution in [2.45, 2.75) is 44.8 Å². The monoisotopic (exact) mass is 391 g/mol. The van der Waals surface area contributed by atoms with Gasteiger partial charge in [-0.2, -0.15) is 0 Å². The summed E-state index contributed by atoms with van der Waals surface area (Å²) in [5.74, 6) is 1.65. The predicted octanol–water partition coefficient (Wildman–Crippen LogP) is 3.08. The van der Waals surface area contributed by atoms with Crippen LogP contribution in [0.4, 0.5) is 5.82 Å². The van der Waals surface area contributed by atoms with E-state index in [-0.39, 0.29) is 5.60 Å². The molecule has 1 N–H and O–H groups in total. The summed E-state index contributed by atoms with van der Waals surface area (Å²) in [7, 11) is 3.57. The Balaban J connectivity index is 2.46. The van der Waals surface area contributed by atoms with Crippen molar-refractivity contribution < 1.29 is 9.47 Å². The van der Waals surface area contributed by atoms with Crippen LogP contribution >= 0.6 is 22.6 Å². The van der Waals surface area contributed by atoms with Gasteiger partial charge in [-0.25, -0.2) is 9.97 Å². The van der Waals surface area contributed by atoms with E-state index in [2.05, 4.69) is 27.9 Å². The Labute approximate surface area is 134 Å². The lowest BCUT2D eigenvalue weighted by Crippen LogP contribution is -2.30. The maximum absolute atomic E-state index is 6.05. The molecule has 0 radical (unpaired) electrons. The number of ether oxygens (including phenoxy) is 2. The van der Waals surface area contributed by atoms with Crippen molar-refractivity contribution in [3.63, 3.8) is 0 Å². The number of aromatic nitrogens is 2. The van der Waals surface area contributed by atoms with E-state index >= 15 is 0 Å². The van der Waals surface area contributed by atoms with Gasteiger partial charge in [0.1, 0.15) is 11.4 Å². The summed E-state index contributed by atoms with van der Waals surface area (Å²) in [6.07, 6.45) is 4.34. The number of nitrogens with one attached hydrogen (secondary N) is 1. The molecule has 1 saturated carbocycles. The van der Waals surface area contributed by atoms with Crippen molar-refractivity contribution in [1.29, 1.82) is 0 Å². The first kappa shape index (κ1) is 15.9. The molecule has 0 atom stereocenters. The van der Waals surface area contributed by atoms with Crippen LogP contribution in [-0.2, 0) is 21.7 Å². The van der Waals surface area contributed by atoms with Gasteiger partial charge in [0.2, 0.25) is 0 Å². The lowest BCUT2D eigenvalue weighted by Gasteiger charge is -2.28. The fraction of sp³-hybridized carbons (Fsp3) is 0.714. The molecule has 0 aromatic carbocycles. The van der Waals surface area contributed by atoms with Crippen LogP contribution in [0.5, 0.6) is 0 Å². The third-order valence-electron chi connectivity index (χ3n) is 3.68. The molecule has 1 fully saturated rings. The van der Waals surface area contributed by atoms with E-state index in [0.29, 0.717) is 13.2 Å². The highest BCUT2D eigenvalue weighted by Gasteiger charge is 2.40. The van der Waals surface area contributed by atoms with Gasteiger partial charge < -0.3 is 14.8 Å². The second kappa shape index (κ2) is 7.00. The SMILES string of the molecule is CCOC1(c2nc(COC)c(I)c(NC)n2)CCCC1. The van der Waals surface area contributed by atoms with Gasteiger partial charge in [0.15, 0.2) is 5.82 Å². The smallest absolute Gasteiger partial charge is 0.163 e. The first-order valence-electron chi connectivity index (χ1n) is 7.04. The van der Waals surface area contributed by atoms with Gasteiger partial charge in [0.25, 0.3) is 0 Å². The number of nitrogens with zero attached hydrogens (tertiary/aromatic N) is 2. The second-order valence-corrected chi connectivity index (χ2v) is 6.05. The molecule has 0 spiro atoms. The number of rotatable bonds is 6. The van der Waals surface area contributed by atoms with Crippen LogP contribution in [0.3, 0.4) is 0 Å². The van der Waals surface area contributed by atoms with Gasteiger partial charge in [-0.15, -0.1) is 0 Å². The number of anilines is 1. The average Bonchev–Trinajstić information content (AvgIpc) is 2.91. The Kier molecular flexibility index (Phi) is 5.57. The third kappa shape index (κ3) is 3.07. The topological polar surface area (TPSA) is 56.3 Å². The molecule has 0 saturated heterocycles. The zero-order chi connectivity index (χ0) is 14.6. The minimum absolute atomic E-state index is 0.312. The van der Waals surface area contributed by atoms with E-state index in [1.165, 1.54) is 12.8 Å². The minimum atomic E-state index is -0.312. The zero-order valence-corrected chi connectivity index (χ0v) is 14.5. The fourth-order valence-corrected chi connectivity index (χ4v) is 3.42. The Morgan fingerprint density at radius 3 is 2.55 bits per heavy atom. The van der Waals surface area contributed by atoms with Crippen LogP contribution in [0.25, 0.3) is 0 Å². The molecule has 0 unspecified atom stereocenters.